The molecule has 0 aliphatic carbocycles. The molecule has 2 N–H and O–H groups in total. The summed E-state index contributed by atoms with van der Waals surface area (Å²) in [6.07, 6.45) is 3.93. The number of imidazole rings is 1. The van der Waals surface area contributed by atoms with Crippen LogP contribution in [0.3, 0.4) is 0 Å². The molecule has 0 bridgehead atoms. The summed E-state index contributed by atoms with van der Waals surface area (Å²) in [5.74, 6) is 0.500. The number of nitrogen functional groups attached to an aromatic ring is 1. The van der Waals surface area contributed by atoms with E-state index in [1.165, 1.54) is 32.4 Å². The fourth-order valence-electron chi connectivity index (χ4n) is 2.91. The minimum Gasteiger partial charge on any atom is -0.369 e. The standard InChI is InChI=1S/C15H19N5/c16-11-12-5-4-6-13-14(12)18-15(17)20(13)10-9-19-7-2-1-3-8-19/h4-6H,1-3,7-10H2,(H2,17,18). The van der Waals surface area contributed by atoms with Gasteiger partial charge in [0.05, 0.1) is 11.1 Å². The second-order valence-corrected chi connectivity index (χ2v) is 5.31. The Balaban J connectivity index is 1.84. The van der Waals surface area contributed by atoms with Crippen molar-refractivity contribution in [3.63, 3.8) is 0 Å². The number of piperidine rings is 1. The maximum Gasteiger partial charge on any atom is 0.201 e. The first-order valence-electron chi connectivity index (χ1n) is 7.17. The molecule has 1 aromatic heterocycles. The van der Waals surface area contributed by atoms with Gasteiger partial charge < -0.3 is 15.2 Å². The smallest absolute Gasteiger partial charge is 0.201 e. The Morgan fingerprint density at radius 1 is 1.20 bits per heavy atom. The van der Waals surface area contributed by atoms with Crippen LogP contribution in [-0.4, -0.2) is 34.1 Å². The Kier molecular flexibility index (Phi) is 3.57. The molecule has 104 valence electrons. The first-order valence-corrected chi connectivity index (χ1v) is 7.17. The Morgan fingerprint density at radius 3 is 2.75 bits per heavy atom. The topological polar surface area (TPSA) is 70.9 Å². The van der Waals surface area contributed by atoms with Gasteiger partial charge in [0.15, 0.2) is 0 Å². The number of hydrogen-bond acceptors (Lipinski definition) is 4. The number of rotatable bonds is 3. The van der Waals surface area contributed by atoms with E-state index in [1.807, 2.05) is 16.7 Å². The number of likely N-dealkylation sites (tertiary alicyclic amines) is 1. The Hall–Kier alpha value is -2.06. The van der Waals surface area contributed by atoms with Crippen LogP contribution in [-0.2, 0) is 6.54 Å². The summed E-state index contributed by atoms with van der Waals surface area (Å²) in [6.45, 7) is 4.18. The SMILES string of the molecule is N#Cc1cccc2c1nc(N)n2CCN1CCCCC1. The van der Waals surface area contributed by atoms with Crippen LogP contribution < -0.4 is 5.73 Å². The third-order valence-corrected chi connectivity index (χ3v) is 4.02. The molecular weight excluding hydrogens is 250 g/mol. The largest absolute Gasteiger partial charge is 0.369 e. The van der Waals surface area contributed by atoms with E-state index in [9.17, 15) is 0 Å². The van der Waals surface area contributed by atoms with Gasteiger partial charge >= 0.3 is 0 Å². The molecular formula is C15H19N5. The van der Waals surface area contributed by atoms with Crippen LogP contribution in [0.25, 0.3) is 11.0 Å². The zero-order valence-corrected chi connectivity index (χ0v) is 11.5. The summed E-state index contributed by atoms with van der Waals surface area (Å²) >= 11 is 0. The van der Waals surface area contributed by atoms with Crippen LogP contribution in [0.4, 0.5) is 5.95 Å². The highest BCUT2D eigenvalue weighted by Gasteiger charge is 2.14. The maximum atomic E-state index is 9.12. The average Bonchev–Trinajstić information content (AvgIpc) is 2.81. The molecule has 0 unspecified atom stereocenters. The van der Waals surface area contributed by atoms with Crippen LogP contribution in [0.1, 0.15) is 24.8 Å². The molecule has 2 aromatic rings. The van der Waals surface area contributed by atoms with E-state index in [1.54, 1.807) is 6.07 Å². The summed E-state index contributed by atoms with van der Waals surface area (Å²) in [5, 5.41) is 9.12. The summed E-state index contributed by atoms with van der Waals surface area (Å²) in [7, 11) is 0. The number of para-hydroxylation sites is 1. The highest BCUT2D eigenvalue weighted by molar-refractivity contribution is 5.83. The van der Waals surface area contributed by atoms with Crippen molar-refractivity contribution in [2.45, 2.75) is 25.8 Å². The molecule has 0 atom stereocenters. The normalized spacial score (nSPS) is 16.4. The van der Waals surface area contributed by atoms with E-state index in [4.69, 9.17) is 11.0 Å². The van der Waals surface area contributed by atoms with Crippen molar-refractivity contribution >= 4 is 17.0 Å². The zero-order valence-electron chi connectivity index (χ0n) is 11.5. The lowest BCUT2D eigenvalue weighted by Gasteiger charge is -2.26. The minimum atomic E-state index is 0.500. The predicted molar refractivity (Wildman–Crippen MR) is 79.2 cm³/mol. The third kappa shape index (κ3) is 2.35. The van der Waals surface area contributed by atoms with Crippen molar-refractivity contribution in [3.8, 4) is 6.07 Å². The number of nitrogens with two attached hydrogens (primary N) is 1. The van der Waals surface area contributed by atoms with Crippen LogP contribution in [0, 0.1) is 11.3 Å². The molecule has 0 spiro atoms. The molecule has 0 saturated carbocycles. The van der Waals surface area contributed by atoms with Gasteiger partial charge in [-0.05, 0) is 38.1 Å². The van der Waals surface area contributed by atoms with Gasteiger partial charge in [0, 0.05) is 13.1 Å². The van der Waals surface area contributed by atoms with Crippen LogP contribution >= 0.6 is 0 Å². The molecule has 1 saturated heterocycles. The van der Waals surface area contributed by atoms with Crippen molar-refractivity contribution in [3.05, 3.63) is 23.8 Å². The summed E-state index contributed by atoms with van der Waals surface area (Å²) in [5.41, 5.74) is 8.28. The second-order valence-electron chi connectivity index (χ2n) is 5.31. The average molecular weight is 269 g/mol. The Bertz CT molecular complexity index is 646. The van der Waals surface area contributed by atoms with Crippen molar-refractivity contribution < 1.29 is 0 Å². The molecule has 20 heavy (non-hydrogen) atoms. The van der Waals surface area contributed by atoms with Gasteiger partial charge in [-0.1, -0.05) is 12.5 Å². The van der Waals surface area contributed by atoms with Gasteiger partial charge in [0.1, 0.15) is 11.6 Å². The number of nitriles is 1. The Labute approximate surface area is 118 Å². The van der Waals surface area contributed by atoms with Crippen molar-refractivity contribution in [1.29, 1.82) is 5.26 Å². The van der Waals surface area contributed by atoms with E-state index < -0.39 is 0 Å². The molecule has 3 rings (SSSR count). The van der Waals surface area contributed by atoms with Crippen LogP contribution in [0.15, 0.2) is 18.2 Å². The molecule has 5 heteroatoms. The number of anilines is 1. The monoisotopic (exact) mass is 269 g/mol. The first-order chi connectivity index (χ1) is 9.79. The third-order valence-electron chi connectivity index (χ3n) is 4.02. The van der Waals surface area contributed by atoms with Gasteiger partial charge in [0.2, 0.25) is 5.95 Å². The first kappa shape index (κ1) is 12.9. The predicted octanol–water partition coefficient (Wildman–Crippen LogP) is 1.98. The maximum absolute atomic E-state index is 9.12. The molecule has 5 nitrogen and oxygen atoms in total. The minimum absolute atomic E-state index is 0.500. The van der Waals surface area contributed by atoms with Gasteiger partial charge in [-0.25, -0.2) is 4.98 Å². The Morgan fingerprint density at radius 2 is 2.00 bits per heavy atom. The van der Waals surface area contributed by atoms with E-state index in [0.717, 1.165) is 18.6 Å². The van der Waals surface area contributed by atoms with Gasteiger partial charge in [0.25, 0.3) is 0 Å². The quantitative estimate of drug-likeness (QED) is 0.924. The van der Waals surface area contributed by atoms with E-state index in [-0.39, 0.29) is 0 Å². The van der Waals surface area contributed by atoms with Crippen LogP contribution in [0.5, 0.6) is 0 Å². The number of fused-ring (bicyclic) bond motifs is 1. The molecule has 1 aliphatic rings. The fourth-order valence-corrected chi connectivity index (χ4v) is 2.91. The van der Waals surface area contributed by atoms with Crippen LogP contribution in [0.2, 0.25) is 0 Å². The summed E-state index contributed by atoms with van der Waals surface area (Å²) < 4.78 is 2.02. The van der Waals surface area contributed by atoms with Crippen molar-refractivity contribution in [2.75, 3.05) is 25.4 Å². The van der Waals surface area contributed by atoms with E-state index in [0.29, 0.717) is 17.0 Å². The van der Waals surface area contributed by atoms with Crippen molar-refractivity contribution in [2.24, 2.45) is 0 Å². The lowest BCUT2D eigenvalue weighted by molar-refractivity contribution is 0.222. The number of benzene rings is 1. The highest BCUT2D eigenvalue weighted by Crippen LogP contribution is 2.21. The second kappa shape index (κ2) is 5.51. The molecule has 1 aromatic carbocycles. The van der Waals surface area contributed by atoms with Gasteiger partial charge in [-0.3, -0.25) is 0 Å². The summed E-state index contributed by atoms with van der Waals surface area (Å²) in [6, 6.07) is 7.83. The number of hydrogen-bond donors (Lipinski definition) is 1. The van der Waals surface area contributed by atoms with E-state index in [2.05, 4.69) is 16.0 Å². The number of nitrogens with zero attached hydrogens (tertiary/aromatic N) is 4. The van der Waals surface area contributed by atoms with E-state index >= 15 is 0 Å². The molecule has 2 heterocycles. The van der Waals surface area contributed by atoms with Gasteiger partial charge in [-0.2, -0.15) is 5.26 Å². The molecule has 1 aliphatic heterocycles. The van der Waals surface area contributed by atoms with Crippen molar-refractivity contribution in [1.82, 2.24) is 14.5 Å². The lowest BCUT2D eigenvalue weighted by atomic mass is 10.1. The van der Waals surface area contributed by atoms with Gasteiger partial charge in [-0.15, -0.1) is 0 Å². The fraction of sp³-hybridized carbons (Fsp3) is 0.467. The highest BCUT2D eigenvalue weighted by atomic mass is 15.2. The lowest BCUT2D eigenvalue weighted by Crippen LogP contribution is -2.32. The number of aromatic nitrogens is 2. The summed E-state index contributed by atoms with van der Waals surface area (Å²) in [4.78, 5) is 6.82. The molecule has 0 radical (unpaired) electrons. The molecule has 0 amide bonds. The molecule has 1 fully saturated rings. The zero-order chi connectivity index (χ0) is 13.9.